The number of halogens is 1. The predicted octanol–water partition coefficient (Wildman–Crippen LogP) is 3.94. The molecule has 0 radical (unpaired) electrons. The van der Waals surface area contributed by atoms with Gasteiger partial charge in [-0.3, -0.25) is 0 Å². The fourth-order valence-electron chi connectivity index (χ4n) is 3.14. The minimum Gasteiger partial charge on any atom is -0.358 e. The van der Waals surface area contributed by atoms with Crippen LogP contribution in [0.15, 0.2) is 67.1 Å². The van der Waals surface area contributed by atoms with Crippen LogP contribution in [-0.4, -0.2) is 41.7 Å². The van der Waals surface area contributed by atoms with E-state index >= 15 is 0 Å². The van der Waals surface area contributed by atoms with Crippen LogP contribution in [-0.2, 0) is 17.4 Å². The predicted molar refractivity (Wildman–Crippen MR) is 105 cm³/mol. The molecule has 0 saturated heterocycles. The van der Waals surface area contributed by atoms with Crippen LogP contribution in [0.4, 0.5) is 0 Å². The highest BCUT2D eigenvalue weighted by molar-refractivity contribution is 6.30. The molecule has 0 bridgehead atoms. The summed E-state index contributed by atoms with van der Waals surface area (Å²) in [6.45, 7) is 1.40. The van der Waals surface area contributed by atoms with Gasteiger partial charge in [-0.05, 0) is 37.4 Å². The molecular weight excluding hydrogens is 346 g/mol. The van der Waals surface area contributed by atoms with Gasteiger partial charge in [0.05, 0.1) is 24.8 Å². The molecule has 1 unspecified atom stereocenters. The molecule has 5 heteroatoms. The lowest BCUT2D eigenvalue weighted by Gasteiger charge is -2.36. The lowest BCUT2D eigenvalue weighted by Crippen LogP contribution is -2.37. The fourth-order valence-corrected chi connectivity index (χ4v) is 3.26. The van der Waals surface area contributed by atoms with Crippen LogP contribution in [0, 0.1) is 0 Å². The van der Waals surface area contributed by atoms with Crippen LogP contribution in [0.1, 0.15) is 16.8 Å². The van der Waals surface area contributed by atoms with Crippen LogP contribution < -0.4 is 0 Å². The third-order valence-electron chi connectivity index (χ3n) is 4.47. The molecule has 4 nitrogen and oxygen atoms in total. The third-order valence-corrected chi connectivity index (χ3v) is 4.72. The van der Waals surface area contributed by atoms with E-state index in [1.54, 1.807) is 6.33 Å². The quantitative estimate of drug-likeness (QED) is 0.631. The summed E-state index contributed by atoms with van der Waals surface area (Å²) in [7, 11) is 6.07. The lowest BCUT2D eigenvalue weighted by molar-refractivity contribution is 0.00129. The molecule has 0 fully saturated rings. The Morgan fingerprint density at radius 3 is 2.27 bits per heavy atom. The summed E-state index contributed by atoms with van der Waals surface area (Å²) in [5, 5.41) is 0.703. The van der Waals surface area contributed by atoms with Crippen molar-refractivity contribution in [3.63, 3.8) is 0 Å². The van der Waals surface area contributed by atoms with E-state index < -0.39 is 5.60 Å². The molecule has 0 N–H and O–H groups in total. The summed E-state index contributed by atoms with van der Waals surface area (Å²) < 4.78 is 8.64. The summed E-state index contributed by atoms with van der Waals surface area (Å²) in [4.78, 5) is 6.46. The number of rotatable bonds is 7. The van der Waals surface area contributed by atoms with Crippen LogP contribution in [0.5, 0.6) is 0 Å². The Bertz CT molecular complexity index is 830. The Hall–Kier alpha value is -2.14. The fraction of sp³-hybridized carbons (Fsp3) is 0.286. The first-order valence-electron chi connectivity index (χ1n) is 8.61. The number of likely N-dealkylation sites (N-methyl/N-ethyl adjacent to an activating group) is 1. The summed E-state index contributed by atoms with van der Waals surface area (Å²) in [5.41, 5.74) is 2.30. The van der Waals surface area contributed by atoms with E-state index in [0.717, 1.165) is 23.4 Å². The van der Waals surface area contributed by atoms with Gasteiger partial charge in [0.1, 0.15) is 0 Å². The number of benzene rings is 2. The average molecular weight is 370 g/mol. The Balaban J connectivity index is 2.20. The second-order valence-corrected chi connectivity index (χ2v) is 7.03. The highest BCUT2D eigenvalue weighted by Gasteiger charge is 2.40. The Labute approximate surface area is 160 Å². The van der Waals surface area contributed by atoms with Gasteiger partial charge in [0.15, 0.2) is 5.60 Å². The normalized spacial score (nSPS) is 13.7. The standard InChI is InChI=1S/C21H24ClN3O/c1-24(2)13-14-26-21(17-7-5-4-6-8-17,20-15-23-16-25(20)3)18-9-11-19(22)12-10-18/h4-12,15-16H,13-14H2,1-3H3. The zero-order valence-corrected chi connectivity index (χ0v) is 16.1. The summed E-state index contributed by atoms with van der Waals surface area (Å²) in [6.07, 6.45) is 3.68. The maximum absolute atomic E-state index is 6.63. The molecule has 1 atom stereocenters. The van der Waals surface area contributed by atoms with E-state index in [9.17, 15) is 0 Å². The second-order valence-electron chi connectivity index (χ2n) is 6.60. The first-order valence-corrected chi connectivity index (χ1v) is 8.99. The molecule has 1 aromatic heterocycles. The molecule has 0 spiro atoms. The van der Waals surface area contributed by atoms with E-state index in [1.807, 2.05) is 74.4 Å². The van der Waals surface area contributed by atoms with Crippen molar-refractivity contribution in [2.75, 3.05) is 27.2 Å². The van der Waals surface area contributed by atoms with E-state index in [0.29, 0.717) is 11.6 Å². The van der Waals surface area contributed by atoms with Crippen molar-refractivity contribution in [3.8, 4) is 0 Å². The van der Waals surface area contributed by atoms with Crippen molar-refractivity contribution in [2.45, 2.75) is 5.60 Å². The van der Waals surface area contributed by atoms with Crippen LogP contribution in [0.3, 0.4) is 0 Å². The van der Waals surface area contributed by atoms with Gasteiger partial charge in [0, 0.05) is 18.6 Å². The Morgan fingerprint density at radius 2 is 1.69 bits per heavy atom. The van der Waals surface area contributed by atoms with Crippen molar-refractivity contribution in [2.24, 2.45) is 7.05 Å². The zero-order valence-electron chi connectivity index (χ0n) is 15.4. The van der Waals surface area contributed by atoms with Gasteiger partial charge in [-0.15, -0.1) is 0 Å². The monoisotopic (exact) mass is 369 g/mol. The molecule has 0 saturated carbocycles. The third kappa shape index (κ3) is 3.68. The molecule has 3 aromatic rings. The maximum atomic E-state index is 6.63. The molecule has 2 aromatic carbocycles. The van der Waals surface area contributed by atoms with Crippen molar-refractivity contribution < 1.29 is 4.74 Å². The van der Waals surface area contributed by atoms with Gasteiger partial charge in [0.2, 0.25) is 0 Å². The lowest BCUT2D eigenvalue weighted by atomic mass is 9.83. The summed E-state index contributed by atoms with van der Waals surface area (Å²) in [5.74, 6) is 0. The highest BCUT2D eigenvalue weighted by Crippen LogP contribution is 2.40. The van der Waals surface area contributed by atoms with E-state index in [2.05, 4.69) is 22.0 Å². The number of hydrogen-bond donors (Lipinski definition) is 0. The molecule has 1 heterocycles. The van der Waals surface area contributed by atoms with E-state index in [-0.39, 0.29) is 0 Å². The smallest absolute Gasteiger partial charge is 0.160 e. The summed E-state index contributed by atoms with van der Waals surface area (Å²) in [6, 6.07) is 18.1. The first kappa shape index (κ1) is 18.6. The number of hydrogen-bond acceptors (Lipinski definition) is 3. The molecule has 3 rings (SSSR count). The molecule has 0 aliphatic heterocycles. The van der Waals surface area contributed by atoms with Gasteiger partial charge < -0.3 is 14.2 Å². The first-order chi connectivity index (χ1) is 12.5. The average Bonchev–Trinajstić information content (AvgIpc) is 3.07. The largest absolute Gasteiger partial charge is 0.358 e. The van der Waals surface area contributed by atoms with Gasteiger partial charge in [-0.25, -0.2) is 4.98 Å². The molecule has 0 amide bonds. The second kappa shape index (κ2) is 8.04. The van der Waals surface area contributed by atoms with Crippen molar-refractivity contribution in [1.29, 1.82) is 0 Å². The number of ether oxygens (including phenoxy) is 1. The highest BCUT2D eigenvalue weighted by atomic mass is 35.5. The summed E-state index contributed by atoms with van der Waals surface area (Å²) >= 11 is 6.14. The van der Waals surface area contributed by atoms with Crippen LogP contribution in [0.2, 0.25) is 5.02 Å². The molecule has 26 heavy (non-hydrogen) atoms. The van der Waals surface area contributed by atoms with Crippen molar-refractivity contribution >= 4 is 11.6 Å². The SMILES string of the molecule is CN(C)CCOC(c1ccccc1)(c1ccc(Cl)cc1)c1cncn1C. The van der Waals surface area contributed by atoms with Gasteiger partial charge >= 0.3 is 0 Å². The number of nitrogens with zero attached hydrogens (tertiary/aromatic N) is 3. The van der Waals surface area contributed by atoms with E-state index in [4.69, 9.17) is 16.3 Å². The minimum absolute atomic E-state index is 0.579. The maximum Gasteiger partial charge on any atom is 0.160 e. The minimum atomic E-state index is -0.757. The molecular formula is C21H24ClN3O. The zero-order chi connectivity index (χ0) is 18.6. The molecule has 0 aliphatic carbocycles. The number of aryl methyl sites for hydroxylation is 1. The van der Waals surface area contributed by atoms with E-state index in [1.165, 1.54) is 0 Å². The van der Waals surface area contributed by atoms with Gasteiger partial charge in [0.25, 0.3) is 0 Å². The van der Waals surface area contributed by atoms with Crippen LogP contribution in [0.25, 0.3) is 0 Å². The van der Waals surface area contributed by atoms with Crippen LogP contribution >= 0.6 is 11.6 Å². The molecule has 0 aliphatic rings. The Morgan fingerprint density at radius 1 is 1.04 bits per heavy atom. The van der Waals surface area contributed by atoms with Crippen molar-refractivity contribution in [3.05, 3.63) is 89.0 Å². The van der Waals surface area contributed by atoms with Gasteiger partial charge in [-0.2, -0.15) is 0 Å². The molecule has 136 valence electrons. The number of imidazole rings is 1. The van der Waals surface area contributed by atoms with Gasteiger partial charge in [-0.1, -0.05) is 54.1 Å². The Kier molecular flexibility index (Phi) is 5.77. The number of aromatic nitrogens is 2. The topological polar surface area (TPSA) is 30.3 Å². The van der Waals surface area contributed by atoms with Crippen molar-refractivity contribution in [1.82, 2.24) is 14.5 Å².